The minimum Gasteiger partial charge on any atom is -0.293 e. The van der Waals surface area contributed by atoms with Gasteiger partial charge in [0.1, 0.15) is 0 Å². The third kappa shape index (κ3) is 3.13. The summed E-state index contributed by atoms with van der Waals surface area (Å²) < 4.78 is 1.94. The van der Waals surface area contributed by atoms with Gasteiger partial charge in [-0.15, -0.1) is 11.3 Å². The maximum absolute atomic E-state index is 12.3. The van der Waals surface area contributed by atoms with E-state index >= 15 is 0 Å². The molecule has 2 aromatic rings. The number of rotatable bonds is 6. The lowest BCUT2D eigenvalue weighted by atomic mass is 10.1. The average molecular weight is 276 g/mol. The second kappa shape index (κ2) is 6.15. The summed E-state index contributed by atoms with van der Waals surface area (Å²) in [6, 6.07) is 4.37. The zero-order valence-electron chi connectivity index (χ0n) is 11.7. The molecule has 0 radical (unpaired) electrons. The third-order valence-corrected chi connectivity index (χ3v) is 4.43. The van der Waals surface area contributed by atoms with E-state index in [9.17, 15) is 4.79 Å². The van der Waals surface area contributed by atoms with E-state index in [4.69, 9.17) is 0 Å². The molecule has 2 rings (SSSR count). The van der Waals surface area contributed by atoms with Crippen molar-refractivity contribution in [3.05, 3.63) is 39.8 Å². The van der Waals surface area contributed by atoms with Crippen LogP contribution in [-0.4, -0.2) is 15.6 Å². The first-order valence-corrected chi connectivity index (χ1v) is 7.67. The van der Waals surface area contributed by atoms with Gasteiger partial charge in [0.05, 0.1) is 17.0 Å². The Morgan fingerprint density at radius 2 is 2.21 bits per heavy atom. The van der Waals surface area contributed by atoms with Crippen molar-refractivity contribution in [3.63, 3.8) is 0 Å². The minimum absolute atomic E-state index is 0.182. The van der Waals surface area contributed by atoms with Gasteiger partial charge in [-0.05, 0) is 42.8 Å². The van der Waals surface area contributed by atoms with Crippen LogP contribution in [0.4, 0.5) is 0 Å². The predicted octanol–water partition coefficient (Wildman–Crippen LogP) is 3.90. The molecule has 3 nitrogen and oxygen atoms in total. The summed E-state index contributed by atoms with van der Waals surface area (Å²) in [6.07, 6.45) is 4.31. The lowest BCUT2D eigenvalue weighted by Crippen LogP contribution is -2.08. The molecule has 0 aromatic carbocycles. The van der Waals surface area contributed by atoms with Gasteiger partial charge >= 0.3 is 0 Å². The van der Waals surface area contributed by atoms with E-state index in [1.807, 2.05) is 28.4 Å². The maximum atomic E-state index is 12.3. The number of carbonyl (C=O) groups excluding carboxylic acids is 1. The van der Waals surface area contributed by atoms with E-state index in [2.05, 4.69) is 25.9 Å². The molecule has 19 heavy (non-hydrogen) atoms. The molecular weight excluding hydrogens is 256 g/mol. The number of nitrogens with zero attached hydrogens (tertiary/aromatic N) is 2. The van der Waals surface area contributed by atoms with E-state index < -0.39 is 0 Å². The molecule has 0 fully saturated rings. The van der Waals surface area contributed by atoms with Gasteiger partial charge in [-0.3, -0.25) is 9.48 Å². The van der Waals surface area contributed by atoms with Gasteiger partial charge in [-0.2, -0.15) is 5.10 Å². The Hall–Kier alpha value is -1.42. The molecule has 0 amide bonds. The lowest BCUT2D eigenvalue weighted by molar-refractivity contribution is 0.0994. The molecule has 0 spiro atoms. The quantitative estimate of drug-likeness (QED) is 0.750. The third-order valence-electron chi connectivity index (χ3n) is 3.43. The highest BCUT2D eigenvalue weighted by molar-refractivity contribution is 7.12. The second-order valence-electron chi connectivity index (χ2n) is 4.77. The Morgan fingerprint density at radius 1 is 1.42 bits per heavy atom. The Morgan fingerprint density at radius 3 is 2.89 bits per heavy atom. The van der Waals surface area contributed by atoms with Crippen LogP contribution in [0.25, 0.3) is 0 Å². The monoisotopic (exact) mass is 276 g/mol. The van der Waals surface area contributed by atoms with Gasteiger partial charge in [0.25, 0.3) is 0 Å². The largest absolute Gasteiger partial charge is 0.293 e. The van der Waals surface area contributed by atoms with Crippen molar-refractivity contribution in [2.75, 3.05) is 0 Å². The molecule has 1 unspecified atom stereocenters. The van der Waals surface area contributed by atoms with Crippen LogP contribution < -0.4 is 0 Å². The fraction of sp³-hybridized carbons (Fsp3) is 0.467. The molecule has 0 aliphatic carbocycles. The summed E-state index contributed by atoms with van der Waals surface area (Å²) in [4.78, 5) is 13.2. The highest BCUT2D eigenvalue weighted by Crippen LogP contribution is 2.20. The second-order valence-corrected chi connectivity index (χ2v) is 5.69. The van der Waals surface area contributed by atoms with Crippen molar-refractivity contribution in [1.82, 2.24) is 9.78 Å². The SMILES string of the molecule is CCc1ccsc1C(=O)Cc1ccn(C(C)CC)n1. The standard InChI is InChI=1S/C15H20N2OS/c1-4-11(3)17-8-6-13(16-17)10-14(18)15-12(5-2)7-9-19-15/h6-9,11H,4-5,10H2,1-3H3. The van der Waals surface area contributed by atoms with Crippen molar-refractivity contribution < 1.29 is 4.79 Å². The molecule has 0 saturated heterocycles. The first kappa shape index (κ1) is 14.0. The van der Waals surface area contributed by atoms with Crippen LogP contribution in [-0.2, 0) is 12.8 Å². The zero-order valence-corrected chi connectivity index (χ0v) is 12.5. The summed E-state index contributed by atoms with van der Waals surface area (Å²) in [5.74, 6) is 0.182. The van der Waals surface area contributed by atoms with Crippen LogP contribution in [0.2, 0.25) is 0 Å². The maximum Gasteiger partial charge on any atom is 0.179 e. The van der Waals surface area contributed by atoms with Gasteiger partial charge in [-0.1, -0.05) is 13.8 Å². The fourth-order valence-corrected chi connectivity index (χ4v) is 2.94. The number of ketones is 1. The number of thiophene rings is 1. The molecule has 2 heterocycles. The molecule has 0 bridgehead atoms. The summed E-state index contributed by atoms with van der Waals surface area (Å²) in [6.45, 7) is 6.35. The number of Topliss-reactive ketones (excluding diaryl/α,β-unsaturated/α-hetero) is 1. The number of carbonyl (C=O) groups is 1. The summed E-state index contributed by atoms with van der Waals surface area (Å²) in [5.41, 5.74) is 2.01. The molecule has 2 aromatic heterocycles. The molecule has 0 aliphatic heterocycles. The summed E-state index contributed by atoms with van der Waals surface area (Å²) in [5, 5.41) is 6.48. The van der Waals surface area contributed by atoms with Gasteiger partial charge in [0, 0.05) is 12.2 Å². The smallest absolute Gasteiger partial charge is 0.179 e. The number of hydrogen-bond acceptors (Lipinski definition) is 3. The van der Waals surface area contributed by atoms with E-state index in [0.29, 0.717) is 12.5 Å². The Balaban J connectivity index is 2.09. The molecule has 0 saturated carbocycles. The van der Waals surface area contributed by atoms with Crippen LogP contribution in [0.1, 0.15) is 54.2 Å². The number of aromatic nitrogens is 2. The van der Waals surface area contributed by atoms with Crippen LogP contribution in [0, 0.1) is 0 Å². The normalized spacial score (nSPS) is 12.6. The first-order valence-electron chi connectivity index (χ1n) is 6.79. The molecule has 0 aliphatic rings. The predicted molar refractivity (Wildman–Crippen MR) is 79.0 cm³/mol. The zero-order chi connectivity index (χ0) is 13.8. The van der Waals surface area contributed by atoms with Gasteiger partial charge in [0.15, 0.2) is 5.78 Å². The van der Waals surface area contributed by atoms with Crippen LogP contribution >= 0.6 is 11.3 Å². The highest BCUT2D eigenvalue weighted by Gasteiger charge is 2.14. The van der Waals surface area contributed by atoms with Gasteiger partial charge < -0.3 is 0 Å². The highest BCUT2D eigenvalue weighted by atomic mass is 32.1. The summed E-state index contributed by atoms with van der Waals surface area (Å²) >= 11 is 1.53. The molecule has 0 N–H and O–H groups in total. The molecule has 102 valence electrons. The van der Waals surface area contributed by atoms with E-state index in [0.717, 1.165) is 29.0 Å². The number of hydrogen-bond donors (Lipinski definition) is 0. The van der Waals surface area contributed by atoms with E-state index in [1.165, 1.54) is 11.3 Å². The first-order chi connectivity index (χ1) is 9.15. The topological polar surface area (TPSA) is 34.9 Å². The van der Waals surface area contributed by atoms with Crippen molar-refractivity contribution >= 4 is 17.1 Å². The van der Waals surface area contributed by atoms with Crippen LogP contribution in [0.15, 0.2) is 23.7 Å². The van der Waals surface area contributed by atoms with Gasteiger partial charge in [0.2, 0.25) is 0 Å². The van der Waals surface area contributed by atoms with Crippen molar-refractivity contribution in [1.29, 1.82) is 0 Å². The van der Waals surface area contributed by atoms with E-state index in [-0.39, 0.29) is 5.78 Å². The fourth-order valence-electron chi connectivity index (χ4n) is 2.01. The lowest BCUT2D eigenvalue weighted by Gasteiger charge is -2.08. The van der Waals surface area contributed by atoms with E-state index in [1.54, 1.807) is 0 Å². The van der Waals surface area contributed by atoms with Crippen LogP contribution in [0.5, 0.6) is 0 Å². The van der Waals surface area contributed by atoms with Crippen molar-refractivity contribution in [3.8, 4) is 0 Å². The molecule has 1 atom stereocenters. The van der Waals surface area contributed by atoms with Crippen LogP contribution in [0.3, 0.4) is 0 Å². The number of aryl methyl sites for hydroxylation is 1. The Labute approximate surface area is 118 Å². The van der Waals surface area contributed by atoms with Crippen molar-refractivity contribution in [2.45, 2.75) is 46.1 Å². The van der Waals surface area contributed by atoms with Crippen molar-refractivity contribution in [2.24, 2.45) is 0 Å². The average Bonchev–Trinajstić information content (AvgIpc) is 3.05. The molecule has 4 heteroatoms. The minimum atomic E-state index is 0.182. The van der Waals surface area contributed by atoms with Gasteiger partial charge in [-0.25, -0.2) is 0 Å². The molecular formula is C15H20N2OS. The Bertz CT molecular complexity index is 556. The summed E-state index contributed by atoms with van der Waals surface area (Å²) in [7, 11) is 0. The Kier molecular flexibility index (Phi) is 4.53.